The molecular weight excluding hydrogens is 323 g/mol. The molecule has 0 aliphatic carbocycles. The number of hydrogen-bond acceptors (Lipinski definition) is 3. The molecule has 0 saturated carbocycles. The van der Waals surface area contributed by atoms with E-state index < -0.39 is 5.91 Å². The molecule has 3 rings (SSSR count). The summed E-state index contributed by atoms with van der Waals surface area (Å²) in [5.74, 6) is 0.336. The van der Waals surface area contributed by atoms with Gasteiger partial charge in [0.25, 0.3) is 5.91 Å². The first-order chi connectivity index (χ1) is 10.6. The number of pyridine rings is 1. The zero-order valence-corrected chi connectivity index (χ0v) is 12.7. The maximum atomic E-state index is 12.2. The average Bonchev–Trinajstić information content (AvgIpc) is 2.99. The monoisotopic (exact) mass is 332 g/mol. The van der Waals surface area contributed by atoms with E-state index in [1.54, 1.807) is 42.6 Å². The van der Waals surface area contributed by atoms with Crippen LogP contribution in [0.4, 0.5) is 5.69 Å². The van der Waals surface area contributed by atoms with E-state index in [1.165, 1.54) is 0 Å². The molecule has 22 heavy (non-hydrogen) atoms. The summed E-state index contributed by atoms with van der Waals surface area (Å²) in [7, 11) is 0. The van der Waals surface area contributed by atoms with Gasteiger partial charge in [0.2, 0.25) is 0 Å². The number of hydrogen-bond donors (Lipinski definition) is 1. The van der Waals surface area contributed by atoms with Gasteiger partial charge in [-0.15, -0.1) is 0 Å². The fraction of sp³-hybridized carbons (Fsp3) is 0. The van der Waals surface area contributed by atoms with E-state index in [-0.39, 0.29) is 10.9 Å². The van der Waals surface area contributed by atoms with Crippen LogP contribution in [-0.2, 0) is 0 Å². The zero-order valence-electron chi connectivity index (χ0n) is 11.2. The second kappa shape index (κ2) is 6.22. The molecule has 2 heterocycles. The standard InChI is InChI=1S/C16H10Cl2N2O2/c17-11-4-1-3-10(9-11)13-6-7-14(22-13)16(21)20-12-5-2-8-19-15(12)18/h1-9H,(H,20,21). The lowest BCUT2D eigenvalue weighted by atomic mass is 10.2. The van der Waals surface area contributed by atoms with E-state index in [1.807, 2.05) is 12.1 Å². The van der Waals surface area contributed by atoms with Crippen molar-refractivity contribution >= 4 is 34.8 Å². The van der Waals surface area contributed by atoms with E-state index in [0.717, 1.165) is 5.56 Å². The highest BCUT2D eigenvalue weighted by atomic mass is 35.5. The number of nitrogens with one attached hydrogen (secondary N) is 1. The van der Waals surface area contributed by atoms with Gasteiger partial charge >= 0.3 is 0 Å². The molecule has 110 valence electrons. The van der Waals surface area contributed by atoms with Gasteiger partial charge in [-0.1, -0.05) is 35.3 Å². The molecule has 0 atom stereocenters. The minimum Gasteiger partial charge on any atom is -0.451 e. The molecule has 0 fully saturated rings. The van der Waals surface area contributed by atoms with Crippen LogP contribution in [0.3, 0.4) is 0 Å². The molecule has 4 nitrogen and oxygen atoms in total. The smallest absolute Gasteiger partial charge is 0.291 e. The number of furan rings is 1. The Balaban J connectivity index is 1.82. The summed E-state index contributed by atoms with van der Waals surface area (Å²) < 4.78 is 5.56. The van der Waals surface area contributed by atoms with Crippen LogP contribution < -0.4 is 5.32 Å². The van der Waals surface area contributed by atoms with Gasteiger partial charge in [-0.2, -0.15) is 0 Å². The van der Waals surface area contributed by atoms with Gasteiger partial charge < -0.3 is 9.73 Å². The van der Waals surface area contributed by atoms with Gasteiger partial charge in [-0.3, -0.25) is 4.79 Å². The maximum Gasteiger partial charge on any atom is 0.291 e. The molecule has 2 aromatic heterocycles. The Bertz CT molecular complexity index is 830. The summed E-state index contributed by atoms with van der Waals surface area (Å²) in [6, 6.07) is 13.8. The third-order valence-corrected chi connectivity index (χ3v) is 3.48. The van der Waals surface area contributed by atoms with Gasteiger partial charge in [-0.25, -0.2) is 4.98 Å². The van der Waals surface area contributed by atoms with Crippen LogP contribution >= 0.6 is 23.2 Å². The SMILES string of the molecule is O=C(Nc1cccnc1Cl)c1ccc(-c2cccc(Cl)c2)o1. The summed E-state index contributed by atoms with van der Waals surface area (Å²) in [5, 5.41) is 3.47. The highest BCUT2D eigenvalue weighted by Gasteiger charge is 2.14. The first kappa shape index (κ1) is 14.6. The van der Waals surface area contributed by atoms with Crippen LogP contribution in [0.15, 0.2) is 59.1 Å². The van der Waals surface area contributed by atoms with Crippen molar-refractivity contribution < 1.29 is 9.21 Å². The van der Waals surface area contributed by atoms with Crippen molar-refractivity contribution in [3.05, 3.63) is 70.7 Å². The van der Waals surface area contributed by atoms with Crippen molar-refractivity contribution in [2.45, 2.75) is 0 Å². The molecule has 1 aromatic carbocycles. The van der Waals surface area contributed by atoms with E-state index in [9.17, 15) is 4.79 Å². The lowest BCUT2D eigenvalue weighted by molar-refractivity contribution is 0.0997. The number of carbonyl (C=O) groups excluding carboxylic acids is 1. The molecule has 0 saturated heterocycles. The first-order valence-electron chi connectivity index (χ1n) is 6.41. The lowest BCUT2D eigenvalue weighted by Gasteiger charge is -2.04. The molecule has 0 radical (unpaired) electrons. The van der Waals surface area contributed by atoms with E-state index in [4.69, 9.17) is 27.6 Å². The van der Waals surface area contributed by atoms with Gasteiger partial charge in [0.15, 0.2) is 10.9 Å². The molecule has 0 aliphatic heterocycles. The van der Waals surface area contributed by atoms with Gasteiger partial charge in [0, 0.05) is 16.8 Å². The predicted molar refractivity (Wildman–Crippen MR) is 86.4 cm³/mol. The predicted octanol–water partition coefficient (Wildman–Crippen LogP) is 4.90. The number of aromatic nitrogens is 1. The third-order valence-electron chi connectivity index (χ3n) is 2.95. The number of halogens is 2. The molecule has 1 N–H and O–H groups in total. The van der Waals surface area contributed by atoms with Crippen LogP contribution in [0.1, 0.15) is 10.6 Å². The molecular formula is C16H10Cl2N2O2. The van der Waals surface area contributed by atoms with Crippen molar-refractivity contribution in [3.63, 3.8) is 0 Å². The highest BCUT2D eigenvalue weighted by Crippen LogP contribution is 2.25. The largest absolute Gasteiger partial charge is 0.451 e. The lowest BCUT2D eigenvalue weighted by Crippen LogP contribution is -2.11. The quantitative estimate of drug-likeness (QED) is 0.694. The van der Waals surface area contributed by atoms with E-state index in [0.29, 0.717) is 16.5 Å². The van der Waals surface area contributed by atoms with E-state index >= 15 is 0 Å². The Morgan fingerprint density at radius 3 is 2.73 bits per heavy atom. The molecule has 0 spiro atoms. The Morgan fingerprint density at radius 2 is 1.95 bits per heavy atom. The second-order valence-corrected chi connectivity index (χ2v) is 5.26. The molecule has 3 aromatic rings. The zero-order chi connectivity index (χ0) is 15.5. The number of benzene rings is 1. The van der Waals surface area contributed by atoms with Crippen LogP contribution in [0.5, 0.6) is 0 Å². The third kappa shape index (κ3) is 3.13. The van der Waals surface area contributed by atoms with Crippen LogP contribution in [0.25, 0.3) is 11.3 Å². The molecule has 1 amide bonds. The average molecular weight is 333 g/mol. The number of anilines is 1. The molecule has 6 heteroatoms. The Labute approximate surface area is 136 Å². The van der Waals surface area contributed by atoms with Crippen LogP contribution in [0.2, 0.25) is 10.2 Å². The minimum atomic E-state index is -0.400. The minimum absolute atomic E-state index is 0.176. The summed E-state index contributed by atoms with van der Waals surface area (Å²) in [5.41, 5.74) is 1.22. The van der Waals surface area contributed by atoms with Crippen molar-refractivity contribution in [3.8, 4) is 11.3 Å². The summed E-state index contributed by atoms with van der Waals surface area (Å²) >= 11 is 11.8. The van der Waals surface area contributed by atoms with Crippen molar-refractivity contribution in [2.24, 2.45) is 0 Å². The highest BCUT2D eigenvalue weighted by molar-refractivity contribution is 6.32. The van der Waals surface area contributed by atoms with Crippen LogP contribution in [0, 0.1) is 0 Å². The molecule has 0 unspecified atom stereocenters. The second-order valence-electron chi connectivity index (χ2n) is 4.47. The first-order valence-corrected chi connectivity index (χ1v) is 7.17. The van der Waals surface area contributed by atoms with Crippen LogP contribution in [-0.4, -0.2) is 10.9 Å². The fourth-order valence-electron chi connectivity index (χ4n) is 1.92. The number of rotatable bonds is 3. The van der Waals surface area contributed by atoms with E-state index in [2.05, 4.69) is 10.3 Å². The number of amides is 1. The normalized spacial score (nSPS) is 10.5. The van der Waals surface area contributed by atoms with Gasteiger partial charge in [0.05, 0.1) is 5.69 Å². The van der Waals surface area contributed by atoms with Gasteiger partial charge in [-0.05, 0) is 36.4 Å². The van der Waals surface area contributed by atoms with Crippen molar-refractivity contribution in [1.82, 2.24) is 4.98 Å². The Morgan fingerprint density at radius 1 is 1.09 bits per heavy atom. The van der Waals surface area contributed by atoms with Crippen molar-refractivity contribution in [1.29, 1.82) is 0 Å². The van der Waals surface area contributed by atoms with Crippen molar-refractivity contribution in [2.75, 3.05) is 5.32 Å². The maximum absolute atomic E-state index is 12.2. The summed E-state index contributed by atoms with van der Waals surface area (Å²) in [6.07, 6.45) is 1.54. The summed E-state index contributed by atoms with van der Waals surface area (Å²) in [4.78, 5) is 16.1. The van der Waals surface area contributed by atoms with Gasteiger partial charge in [0.1, 0.15) is 5.76 Å². The fourth-order valence-corrected chi connectivity index (χ4v) is 2.28. The topological polar surface area (TPSA) is 55.1 Å². The number of nitrogens with zero attached hydrogens (tertiary/aromatic N) is 1. The molecule has 0 aliphatic rings. The number of carbonyl (C=O) groups is 1. The Hall–Kier alpha value is -2.30. The molecule has 0 bridgehead atoms. The Kier molecular flexibility index (Phi) is 4.13. The summed E-state index contributed by atoms with van der Waals surface area (Å²) in [6.45, 7) is 0.